The molecule has 0 unspecified atom stereocenters. The molecular weight excluding hydrogens is 226 g/mol. The number of carbonyl (C=O) groups excluding carboxylic acids is 1. The van der Waals surface area contributed by atoms with E-state index in [2.05, 4.69) is 14.7 Å². The second-order valence-corrected chi connectivity index (χ2v) is 3.95. The van der Waals surface area contributed by atoms with Crippen molar-refractivity contribution in [3.8, 4) is 0 Å². The first kappa shape index (κ1) is 10.9. The molecule has 0 saturated carbocycles. The van der Waals surface area contributed by atoms with Gasteiger partial charge in [0.25, 0.3) is 0 Å². The molecule has 0 bridgehead atoms. The molecule has 0 aliphatic carbocycles. The summed E-state index contributed by atoms with van der Waals surface area (Å²) < 4.78 is 7.82. The summed E-state index contributed by atoms with van der Waals surface area (Å²) in [4.78, 5) is 20.6. The van der Waals surface area contributed by atoms with Crippen LogP contribution in [0.15, 0.2) is 17.3 Å². The Hall–Kier alpha value is -1.56. The molecule has 2 heterocycles. The van der Waals surface area contributed by atoms with E-state index in [1.165, 1.54) is 11.9 Å². The fraction of sp³-hybridized carbons (Fsp3) is 0.300. The summed E-state index contributed by atoms with van der Waals surface area (Å²) in [7, 11) is 0. The third-order valence-electron chi connectivity index (χ3n) is 1.92. The monoisotopic (exact) mass is 237 g/mol. The molecule has 1 N–H and O–H groups in total. The van der Waals surface area contributed by atoms with Crippen LogP contribution in [0.1, 0.15) is 18.4 Å². The average molecular weight is 237 g/mol. The minimum absolute atomic E-state index is 0.118. The number of carbonyl (C=O) groups is 1. The molecule has 0 aromatic carbocycles. The molecule has 16 heavy (non-hydrogen) atoms. The summed E-state index contributed by atoms with van der Waals surface area (Å²) in [5, 5.41) is 0. The zero-order valence-electron chi connectivity index (χ0n) is 8.77. The van der Waals surface area contributed by atoms with Crippen LogP contribution >= 0.6 is 11.9 Å². The van der Waals surface area contributed by atoms with Gasteiger partial charge in [0.05, 0.1) is 17.2 Å². The predicted octanol–water partition coefficient (Wildman–Crippen LogP) is 1.16. The van der Waals surface area contributed by atoms with Crippen molar-refractivity contribution in [2.24, 2.45) is 0 Å². The van der Waals surface area contributed by atoms with Crippen molar-refractivity contribution in [3.63, 3.8) is 0 Å². The van der Waals surface area contributed by atoms with Crippen molar-refractivity contribution in [2.75, 3.05) is 6.61 Å². The van der Waals surface area contributed by atoms with Gasteiger partial charge in [-0.3, -0.25) is 4.79 Å². The molecule has 84 valence electrons. The lowest BCUT2D eigenvalue weighted by atomic mass is 10.3. The summed E-state index contributed by atoms with van der Waals surface area (Å²) in [5.74, 6) is 0.192. The third kappa shape index (κ3) is 2.52. The number of aromatic nitrogens is 2. The van der Waals surface area contributed by atoms with Gasteiger partial charge in [0, 0.05) is 12.4 Å². The number of ether oxygens (including phenoxy) is 1. The summed E-state index contributed by atoms with van der Waals surface area (Å²) >= 11 is 1.45. The standard InChI is InChI=1S/C10H11N3O2S/c1-2-15-10(14)5-9-11-6-8-7(13-9)3-4-12-16-8/h3-4,6,12H,2,5H2,1H3. The highest BCUT2D eigenvalue weighted by Gasteiger charge is 2.11. The van der Waals surface area contributed by atoms with E-state index in [0.29, 0.717) is 12.4 Å². The summed E-state index contributed by atoms with van der Waals surface area (Å²) in [6.07, 6.45) is 5.47. The highest BCUT2D eigenvalue weighted by Crippen LogP contribution is 2.22. The van der Waals surface area contributed by atoms with Crippen LogP contribution in [-0.4, -0.2) is 22.5 Å². The molecule has 0 fully saturated rings. The maximum Gasteiger partial charge on any atom is 0.313 e. The molecule has 0 atom stereocenters. The first-order valence-corrected chi connectivity index (χ1v) is 5.71. The average Bonchev–Trinajstić information content (AvgIpc) is 2.29. The SMILES string of the molecule is CCOC(=O)Cc1ncc2c(n1)C=CNS2. The first-order chi connectivity index (χ1) is 7.79. The lowest BCUT2D eigenvalue weighted by Crippen LogP contribution is -2.12. The number of rotatable bonds is 3. The number of esters is 1. The molecule has 6 heteroatoms. The predicted molar refractivity (Wildman–Crippen MR) is 60.4 cm³/mol. The fourth-order valence-electron chi connectivity index (χ4n) is 1.26. The molecule has 1 aliphatic rings. The highest BCUT2D eigenvalue weighted by atomic mass is 32.2. The van der Waals surface area contributed by atoms with Crippen molar-refractivity contribution in [3.05, 3.63) is 23.9 Å². The molecule has 0 saturated heterocycles. The lowest BCUT2D eigenvalue weighted by Gasteiger charge is -2.10. The minimum Gasteiger partial charge on any atom is -0.466 e. The maximum absolute atomic E-state index is 11.2. The van der Waals surface area contributed by atoms with E-state index in [0.717, 1.165) is 10.6 Å². The van der Waals surface area contributed by atoms with E-state index in [1.54, 1.807) is 19.3 Å². The van der Waals surface area contributed by atoms with Crippen LogP contribution in [0.3, 0.4) is 0 Å². The Bertz CT molecular complexity index is 434. The second kappa shape index (κ2) is 4.98. The maximum atomic E-state index is 11.2. The smallest absolute Gasteiger partial charge is 0.313 e. The van der Waals surface area contributed by atoms with Gasteiger partial charge in [0.1, 0.15) is 12.2 Å². The van der Waals surface area contributed by atoms with Gasteiger partial charge in [0.2, 0.25) is 0 Å². The van der Waals surface area contributed by atoms with Crippen molar-refractivity contribution in [1.82, 2.24) is 14.7 Å². The molecule has 0 spiro atoms. The van der Waals surface area contributed by atoms with Gasteiger partial charge in [-0.1, -0.05) is 0 Å². The zero-order valence-corrected chi connectivity index (χ0v) is 9.58. The van der Waals surface area contributed by atoms with Gasteiger partial charge in [-0.25, -0.2) is 9.97 Å². The number of hydrogen-bond acceptors (Lipinski definition) is 6. The molecule has 2 rings (SSSR count). The topological polar surface area (TPSA) is 64.1 Å². The minimum atomic E-state index is -0.298. The van der Waals surface area contributed by atoms with Gasteiger partial charge < -0.3 is 9.46 Å². The highest BCUT2D eigenvalue weighted by molar-refractivity contribution is 7.97. The Morgan fingerprint density at radius 1 is 1.62 bits per heavy atom. The summed E-state index contributed by atoms with van der Waals surface area (Å²) in [5.41, 5.74) is 0.832. The van der Waals surface area contributed by atoms with Gasteiger partial charge >= 0.3 is 5.97 Å². The Morgan fingerprint density at radius 2 is 2.50 bits per heavy atom. The van der Waals surface area contributed by atoms with Crippen molar-refractivity contribution in [1.29, 1.82) is 0 Å². The molecular formula is C10H11N3O2S. The zero-order chi connectivity index (χ0) is 11.4. The number of fused-ring (bicyclic) bond motifs is 1. The number of hydrogen-bond donors (Lipinski definition) is 1. The van der Waals surface area contributed by atoms with Crippen LogP contribution in [0.5, 0.6) is 0 Å². The molecule has 0 amide bonds. The van der Waals surface area contributed by atoms with Gasteiger partial charge in [-0.15, -0.1) is 0 Å². The number of nitrogens with zero attached hydrogens (tertiary/aromatic N) is 2. The van der Waals surface area contributed by atoms with Crippen molar-refractivity contribution < 1.29 is 9.53 Å². The normalized spacial score (nSPS) is 12.8. The Balaban J connectivity index is 2.12. The van der Waals surface area contributed by atoms with Crippen LogP contribution in [0, 0.1) is 0 Å². The Morgan fingerprint density at radius 3 is 3.31 bits per heavy atom. The van der Waals surface area contributed by atoms with Gasteiger partial charge in [-0.2, -0.15) is 0 Å². The Kier molecular flexibility index (Phi) is 3.40. The van der Waals surface area contributed by atoms with E-state index in [-0.39, 0.29) is 12.4 Å². The van der Waals surface area contributed by atoms with Crippen LogP contribution in [0.25, 0.3) is 6.08 Å². The van der Waals surface area contributed by atoms with Crippen LogP contribution in [0.2, 0.25) is 0 Å². The second-order valence-electron chi connectivity index (χ2n) is 3.07. The van der Waals surface area contributed by atoms with Gasteiger partial charge in [0.15, 0.2) is 0 Å². The van der Waals surface area contributed by atoms with E-state index < -0.39 is 0 Å². The first-order valence-electron chi connectivity index (χ1n) is 4.90. The largest absolute Gasteiger partial charge is 0.466 e. The third-order valence-corrected chi connectivity index (χ3v) is 2.71. The van der Waals surface area contributed by atoms with Crippen molar-refractivity contribution in [2.45, 2.75) is 18.2 Å². The lowest BCUT2D eigenvalue weighted by molar-refractivity contribution is -0.142. The van der Waals surface area contributed by atoms with Crippen LogP contribution < -0.4 is 4.72 Å². The van der Waals surface area contributed by atoms with E-state index in [1.807, 2.05) is 6.08 Å². The quantitative estimate of drug-likeness (QED) is 0.628. The molecule has 1 aliphatic heterocycles. The summed E-state index contributed by atoms with van der Waals surface area (Å²) in [6, 6.07) is 0. The van der Waals surface area contributed by atoms with Crippen LogP contribution in [-0.2, 0) is 16.0 Å². The van der Waals surface area contributed by atoms with E-state index in [4.69, 9.17) is 4.74 Å². The Labute approximate surface area is 97.4 Å². The summed E-state index contributed by atoms with van der Waals surface area (Å²) in [6.45, 7) is 2.15. The van der Waals surface area contributed by atoms with Crippen LogP contribution in [0.4, 0.5) is 0 Å². The van der Waals surface area contributed by atoms with Gasteiger partial charge in [-0.05, 0) is 24.9 Å². The molecule has 1 aromatic heterocycles. The van der Waals surface area contributed by atoms with E-state index >= 15 is 0 Å². The molecule has 5 nitrogen and oxygen atoms in total. The number of nitrogens with one attached hydrogen (secondary N) is 1. The fourth-order valence-corrected chi connectivity index (χ4v) is 1.84. The molecule has 0 radical (unpaired) electrons. The van der Waals surface area contributed by atoms with E-state index in [9.17, 15) is 4.79 Å². The van der Waals surface area contributed by atoms with Crippen molar-refractivity contribution >= 4 is 24.0 Å². The molecule has 1 aromatic rings.